The molecule has 1 fully saturated rings. The number of halogens is 1. The zero-order valence-electron chi connectivity index (χ0n) is 21.4. The summed E-state index contributed by atoms with van der Waals surface area (Å²) in [5.41, 5.74) is 7.58. The first-order valence-electron chi connectivity index (χ1n) is 12.4. The molecule has 1 aromatic carbocycles. The largest absolute Gasteiger partial charge is 0.494 e. The van der Waals surface area contributed by atoms with Gasteiger partial charge in [0, 0.05) is 19.0 Å². The number of nitrogens with two attached hydrogens (primary N) is 1. The van der Waals surface area contributed by atoms with E-state index in [0.717, 1.165) is 31.2 Å². The summed E-state index contributed by atoms with van der Waals surface area (Å²) in [5, 5.41) is 7.19. The molecule has 3 N–H and O–H groups in total. The highest BCUT2D eigenvalue weighted by molar-refractivity contribution is 6.01. The fourth-order valence-electron chi connectivity index (χ4n) is 5.10. The number of carbonyl (C=O) groups excluding carboxylic acids is 2. The van der Waals surface area contributed by atoms with Crippen molar-refractivity contribution in [3.05, 3.63) is 52.9 Å². The Morgan fingerprint density at radius 1 is 1.22 bits per heavy atom. The molecule has 0 saturated heterocycles. The number of aromatic nitrogens is 2. The number of nitrogens with zero attached hydrogens (tertiary/aromatic N) is 4. The van der Waals surface area contributed by atoms with E-state index < -0.39 is 11.7 Å². The number of hydrogen-bond acceptors (Lipinski definition) is 8. The number of methoxy groups -OCH3 is 1. The van der Waals surface area contributed by atoms with E-state index in [2.05, 4.69) is 20.4 Å². The van der Waals surface area contributed by atoms with Crippen molar-refractivity contribution in [3.63, 3.8) is 0 Å². The average Bonchev–Trinajstić information content (AvgIpc) is 3.38. The third-order valence-electron chi connectivity index (χ3n) is 7.00. The molecule has 4 rings (SSSR count). The Labute approximate surface area is 215 Å². The Kier molecular flexibility index (Phi) is 8.32. The van der Waals surface area contributed by atoms with Gasteiger partial charge >= 0.3 is 0 Å². The van der Waals surface area contributed by atoms with E-state index in [1.54, 1.807) is 32.2 Å². The van der Waals surface area contributed by atoms with Crippen molar-refractivity contribution in [3.8, 4) is 5.75 Å². The molecule has 2 amide bonds. The van der Waals surface area contributed by atoms with Crippen LogP contribution in [0.5, 0.6) is 5.75 Å². The molecule has 2 aromatic rings. The molecule has 1 aromatic heterocycles. The molecule has 0 bridgehead atoms. The van der Waals surface area contributed by atoms with Crippen molar-refractivity contribution in [2.24, 2.45) is 16.8 Å². The predicted octanol–water partition coefficient (Wildman–Crippen LogP) is 2.33. The average molecular weight is 513 g/mol. The number of nitrogens with one attached hydrogen (secondary N) is 1. The van der Waals surface area contributed by atoms with Gasteiger partial charge in [0.2, 0.25) is 5.91 Å². The van der Waals surface area contributed by atoms with E-state index in [4.69, 9.17) is 15.3 Å². The summed E-state index contributed by atoms with van der Waals surface area (Å²) in [7, 11) is 3.17. The lowest BCUT2D eigenvalue weighted by atomic mass is 9.80. The summed E-state index contributed by atoms with van der Waals surface area (Å²) < 4.78 is 19.0. The number of benzene rings is 1. The van der Waals surface area contributed by atoms with Gasteiger partial charge in [-0.15, -0.1) is 0 Å². The predicted molar refractivity (Wildman–Crippen MR) is 134 cm³/mol. The van der Waals surface area contributed by atoms with Gasteiger partial charge in [-0.2, -0.15) is 0 Å². The summed E-state index contributed by atoms with van der Waals surface area (Å²) in [5.74, 6) is -0.149. The quantitative estimate of drug-likeness (QED) is 0.527. The molecule has 2 aliphatic rings. The van der Waals surface area contributed by atoms with Crippen molar-refractivity contribution >= 4 is 17.5 Å². The third-order valence-corrected chi connectivity index (χ3v) is 7.00. The molecule has 0 spiro atoms. The Morgan fingerprint density at radius 3 is 2.65 bits per heavy atom. The number of primary amides is 1. The number of oxime groups is 1. The van der Waals surface area contributed by atoms with Crippen molar-refractivity contribution in [2.75, 3.05) is 20.7 Å². The standard InChI is InChI=1S/C26H33FN6O4/c1-15-30-20(11-22(31-15)26(28)35)21-12-23(37-32-21)17-5-7-18(8-6-17)33(25(34)13-29-2)14-16-4-9-19(27)24(10-16)36-3/h4,9-11,17-18,23,29H,5-8,12-14H2,1-3H3,(H2,28,35). The van der Waals surface area contributed by atoms with E-state index in [9.17, 15) is 14.0 Å². The van der Waals surface area contributed by atoms with E-state index in [1.165, 1.54) is 13.2 Å². The third kappa shape index (κ3) is 6.22. The second-order valence-corrected chi connectivity index (χ2v) is 9.53. The van der Waals surface area contributed by atoms with Crippen molar-refractivity contribution in [2.45, 2.75) is 57.7 Å². The summed E-state index contributed by atoms with van der Waals surface area (Å²) in [6, 6.07) is 6.31. The molecule has 1 atom stereocenters. The van der Waals surface area contributed by atoms with Gasteiger partial charge in [-0.05, 0) is 69.3 Å². The zero-order valence-corrected chi connectivity index (χ0v) is 21.4. The van der Waals surface area contributed by atoms with Gasteiger partial charge < -0.3 is 25.5 Å². The van der Waals surface area contributed by atoms with Crippen LogP contribution >= 0.6 is 0 Å². The van der Waals surface area contributed by atoms with Crippen LogP contribution in [0.25, 0.3) is 0 Å². The molecule has 0 radical (unpaired) electrons. The second-order valence-electron chi connectivity index (χ2n) is 9.53. The maximum atomic E-state index is 13.9. The lowest BCUT2D eigenvalue weighted by molar-refractivity contribution is -0.134. The van der Waals surface area contributed by atoms with Gasteiger partial charge in [0.1, 0.15) is 23.3 Å². The molecule has 37 heavy (non-hydrogen) atoms. The minimum absolute atomic E-state index is 0.00126. The number of ether oxygens (including phenoxy) is 1. The van der Waals surface area contributed by atoms with E-state index >= 15 is 0 Å². The van der Waals surface area contributed by atoms with Gasteiger partial charge in [0.15, 0.2) is 11.6 Å². The summed E-state index contributed by atoms with van der Waals surface area (Å²) in [6.07, 6.45) is 3.90. The number of hydrogen-bond donors (Lipinski definition) is 2. The molecule has 1 aliphatic heterocycles. The molecule has 2 heterocycles. The highest BCUT2D eigenvalue weighted by Crippen LogP contribution is 2.35. The molecule has 1 saturated carbocycles. The smallest absolute Gasteiger partial charge is 0.267 e. The maximum Gasteiger partial charge on any atom is 0.267 e. The number of aryl methyl sites for hydroxylation is 1. The highest BCUT2D eigenvalue weighted by atomic mass is 19.1. The minimum atomic E-state index is -0.613. The van der Waals surface area contributed by atoms with Crippen LogP contribution in [0.3, 0.4) is 0 Å². The van der Waals surface area contributed by atoms with Crippen molar-refractivity contribution < 1.29 is 23.6 Å². The number of likely N-dealkylation sites (N-methyl/N-ethyl adjacent to an activating group) is 1. The zero-order chi connectivity index (χ0) is 26.5. The minimum Gasteiger partial charge on any atom is -0.494 e. The molecule has 1 aliphatic carbocycles. The number of carbonyl (C=O) groups is 2. The molecule has 1 unspecified atom stereocenters. The fraction of sp³-hybridized carbons (Fsp3) is 0.500. The fourth-order valence-corrected chi connectivity index (χ4v) is 5.10. The lowest BCUT2D eigenvalue weighted by Crippen LogP contribution is -2.46. The van der Waals surface area contributed by atoms with Crippen molar-refractivity contribution in [1.82, 2.24) is 20.2 Å². The Morgan fingerprint density at radius 2 is 1.97 bits per heavy atom. The topological polar surface area (TPSA) is 132 Å². The maximum absolute atomic E-state index is 13.9. The van der Waals surface area contributed by atoms with Crippen LogP contribution in [-0.4, -0.2) is 65.2 Å². The molecular weight excluding hydrogens is 479 g/mol. The van der Waals surface area contributed by atoms with E-state index in [0.29, 0.717) is 30.2 Å². The van der Waals surface area contributed by atoms with Gasteiger partial charge in [-0.25, -0.2) is 14.4 Å². The SMILES string of the molecule is CNCC(=O)N(Cc1ccc(F)c(OC)c1)C1CCC(C2CC(c3cc(C(N)=O)nc(C)n3)=NO2)CC1. The van der Waals surface area contributed by atoms with Crippen LogP contribution in [0, 0.1) is 18.7 Å². The first-order valence-corrected chi connectivity index (χ1v) is 12.4. The van der Waals surface area contributed by atoms with Gasteiger partial charge in [-0.1, -0.05) is 11.2 Å². The summed E-state index contributed by atoms with van der Waals surface area (Å²) in [6.45, 7) is 2.32. The summed E-state index contributed by atoms with van der Waals surface area (Å²) >= 11 is 0. The summed E-state index contributed by atoms with van der Waals surface area (Å²) in [4.78, 5) is 40.7. The monoisotopic (exact) mass is 512 g/mol. The van der Waals surface area contributed by atoms with E-state index in [1.807, 2.05) is 4.90 Å². The van der Waals surface area contributed by atoms with Gasteiger partial charge in [0.05, 0.1) is 19.3 Å². The van der Waals surface area contributed by atoms with Gasteiger partial charge in [0.25, 0.3) is 5.91 Å². The first-order chi connectivity index (χ1) is 17.8. The molecule has 198 valence electrons. The molecule has 10 nitrogen and oxygen atoms in total. The van der Waals surface area contributed by atoms with Crippen LogP contribution in [0.4, 0.5) is 4.39 Å². The van der Waals surface area contributed by atoms with Gasteiger partial charge in [-0.3, -0.25) is 9.59 Å². The molecular formula is C26H33FN6O4. The normalized spacial score (nSPS) is 21.2. The lowest BCUT2D eigenvalue weighted by Gasteiger charge is -2.38. The van der Waals surface area contributed by atoms with Crippen LogP contribution < -0.4 is 15.8 Å². The Bertz CT molecular complexity index is 1180. The second kappa shape index (κ2) is 11.6. The Hall–Kier alpha value is -3.60. The number of rotatable bonds is 9. The van der Waals surface area contributed by atoms with Crippen LogP contribution in [-0.2, 0) is 16.2 Å². The number of amides is 2. The van der Waals surface area contributed by atoms with E-state index in [-0.39, 0.29) is 42.0 Å². The first kappa shape index (κ1) is 26.5. The van der Waals surface area contributed by atoms with Crippen LogP contribution in [0.1, 0.15) is 59.7 Å². The molecule has 11 heteroatoms. The van der Waals surface area contributed by atoms with Crippen LogP contribution in [0.2, 0.25) is 0 Å². The van der Waals surface area contributed by atoms with Crippen molar-refractivity contribution in [1.29, 1.82) is 0 Å². The highest BCUT2D eigenvalue weighted by Gasteiger charge is 2.36. The Balaban J connectivity index is 1.39. The van der Waals surface area contributed by atoms with Crippen LogP contribution in [0.15, 0.2) is 29.4 Å².